The fourth-order valence-electron chi connectivity index (χ4n) is 2.13. The smallest absolute Gasteiger partial charge is 0.0615 e. The van der Waals surface area contributed by atoms with E-state index in [1.807, 2.05) is 0 Å². The zero-order valence-corrected chi connectivity index (χ0v) is 13.6. The van der Waals surface area contributed by atoms with E-state index in [-0.39, 0.29) is 5.41 Å². The fraction of sp³-hybridized carbons (Fsp3) is 1.00. The monoisotopic (exact) mass is 274 g/mol. The van der Waals surface area contributed by atoms with E-state index < -0.39 is 0 Å². The van der Waals surface area contributed by atoms with Crippen molar-refractivity contribution in [1.82, 2.24) is 4.90 Å². The first kappa shape index (κ1) is 18.8. The number of unbranched alkanes of at least 4 members (excludes halogenated alkanes) is 1. The zero-order valence-electron chi connectivity index (χ0n) is 13.6. The molecule has 0 rings (SSSR count). The van der Waals surface area contributed by atoms with Gasteiger partial charge in [0.2, 0.25) is 0 Å². The third kappa shape index (κ3) is 9.38. The number of hydrogen-bond donors (Lipinski definition) is 1. The van der Waals surface area contributed by atoms with Gasteiger partial charge >= 0.3 is 0 Å². The van der Waals surface area contributed by atoms with Crippen LogP contribution in [0.4, 0.5) is 0 Å². The molecule has 0 aromatic carbocycles. The maximum atomic E-state index is 5.76. The van der Waals surface area contributed by atoms with Gasteiger partial charge in [-0.1, -0.05) is 20.3 Å². The van der Waals surface area contributed by atoms with Crippen LogP contribution < -0.4 is 5.73 Å². The van der Waals surface area contributed by atoms with E-state index >= 15 is 0 Å². The lowest BCUT2D eigenvalue weighted by Crippen LogP contribution is -2.39. The van der Waals surface area contributed by atoms with Gasteiger partial charge in [-0.15, -0.1) is 0 Å². The predicted octanol–water partition coefficient (Wildman–Crippen LogP) is 2.12. The number of nitrogens with two attached hydrogens (primary N) is 1. The van der Waals surface area contributed by atoms with E-state index in [2.05, 4.69) is 25.7 Å². The molecule has 0 aliphatic carbocycles. The molecule has 0 aromatic heterocycles. The lowest BCUT2D eigenvalue weighted by atomic mass is 9.87. The molecule has 0 saturated heterocycles. The molecule has 0 amide bonds. The summed E-state index contributed by atoms with van der Waals surface area (Å²) in [6.07, 6.45) is 3.63. The summed E-state index contributed by atoms with van der Waals surface area (Å²) < 4.78 is 10.4. The van der Waals surface area contributed by atoms with Crippen LogP contribution in [0.1, 0.15) is 40.0 Å². The van der Waals surface area contributed by atoms with Crippen LogP contribution in [0.25, 0.3) is 0 Å². The zero-order chi connectivity index (χ0) is 14.7. The Labute approximate surface area is 119 Å². The van der Waals surface area contributed by atoms with Crippen molar-refractivity contribution in [2.75, 3.05) is 47.1 Å². The standard InChI is InChI=1S/C15H34N2O2/c1-14(12-19-5)17(10-11-18-4)9-7-6-8-15(2,3)13-16/h14H,6-13,16H2,1-5H3. The molecule has 116 valence electrons. The van der Waals surface area contributed by atoms with Gasteiger partial charge in [-0.3, -0.25) is 4.90 Å². The molecule has 0 aromatic rings. The van der Waals surface area contributed by atoms with Gasteiger partial charge in [-0.2, -0.15) is 0 Å². The minimum atomic E-state index is 0.273. The molecule has 2 N–H and O–H groups in total. The first-order valence-corrected chi connectivity index (χ1v) is 7.39. The SMILES string of the molecule is COCCN(CCCCC(C)(C)CN)C(C)COC. The summed E-state index contributed by atoms with van der Waals surface area (Å²) in [4.78, 5) is 2.45. The lowest BCUT2D eigenvalue weighted by molar-refractivity contribution is 0.0734. The third-order valence-corrected chi connectivity index (χ3v) is 3.72. The van der Waals surface area contributed by atoms with Crippen molar-refractivity contribution in [1.29, 1.82) is 0 Å². The number of ether oxygens (including phenoxy) is 2. The quantitative estimate of drug-likeness (QED) is 0.554. The second-order valence-electron chi connectivity index (χ2n) is 6.16. The minimum absolute atomic E-state index is 0.273. The van der Waals surface area contributed by atoms with Crippen LogP contribution in [0.2, 0.25) is 0 Å². The van der Waals surface area contributed by atoms with Gasteiger partial charge in [0.05, 0.1) is 13.2 Å². The summed E-state index contributed by atoms with van der Waals surface area (Å²) in [7, 11) is 3.51. The molecule has 0 saturated carbocycles. The van der Waals surface area contributed by atoms with E-state index in [1.165, 1.54) is 19.3 Å². The minimum Gasteiger partial charge on any atom is -0.383 e. The van der Waals surface area contributed by atoms with Crippen molar-refractivity contribution in [3.63, 3.8) is 0 Å². The molecule has 1 atom stereocenters. The molecule has 4 nitrogen and oxygen atoms in total. The predicted molar refractivity (Wildman–Crippen MR) is 81.5 cm³/mol. The highest BCUT2D eigenvalue weighted by molar-refractivity contribution is 4.71. The molecule has 0 heterocycles. The van der Waals surface area contributed by atoms with E-state index in [4.69, 9.17) is 15.2 Å². The third-order valence-electron chi connectivity index (χ3n) is 3.72. The number of rotatable bonds is 12. The summed E-state index contributed by atoms with van der Waals surface area (Å²) in [5, 5.41) is 0. The highest BCUT2D eigenvalue weighted by Crippen LogP contribution is 2.21. The molecule has 1 unspecified atom stereocenters. The molecular weight excluding hydrogens is 240 g/mol. The second-order valence-corrected chi connectivity index (χ2v) is 6.16. The van der Waals surface area contributed by atoms with Gasteiger partial charge < -0.3 is 15.2 Å². The molecule has 0 bridgehead atoms. The molecule has 0 fully saturated rings. The molecule has 0 aliphatic rings. The highest BCUT2D eigenvalue weighted by Gasteiger charge is 2.16. The molecule has 4 heteroatoms. The van der Waals surface area contributed by atoms with Gasteiger partial charge in [0.1, 0.15) is 0 Å². The fourth-order valence-corrected chi connectivity index (χ4v) is 2.13. The van der Waals surface area contributed by atoms with Crippen LogP contribution in [0, 0.1) is 5.41 Å². The average molecular weight is 274 g/mol. The van der Waals surface area contributed by atoms with E-state index in [9.17, 15) is 0 Å². The molecule has 0 spiro atoms. The summed E-state index contributed by atoms with van der Waals surface area (Å²) >= 11 is 0. The molecule has 0 aliphatic heterocycles. The Hall–Kier alpha value is -0.160. The number of hydrogen-bond acceptors (Lipinski definition) is 4. The van der Waals surface area contributed by atoms with E-state index in [0.29, 0.717) is 6.04 Å². The van der Waals surface area contributed by atoms with Crippen LogP contribution in [0.15, 0.2) is 0 Å². The van der Waals surface area contributed by atoms with Gasteiger partial charge in [0.25, 0.3) is 0 Å². The van der Waals surface area contributed by atoms with Gasteiger partial charge in [-0.25, -0.2) is 0 Å². The van der Waals surface area contributed by atoms with Crippen LogP contribution in [0.5, 0.6) is 0 Å². The Morgan fingerprint density at radius 1 is 1.11 bits per heavy atom. The van der Waals surface area contributed by atoms with Gasteiger partial charge in [0, 0.05) is 26.8 Å². The van der Waals surface area contributed by atoms with Crippen molar-refractivity contribution < 1.29 is 9.47 Å². The number of methoxy groups -OCH3 is 2. The Bertz CT molecular complexity index is 210. The highest BCUT2D eigenvalue weighted by atomic mass is 16.5. The van der Waals surface area contributed by atoms with Crippen LogP contribution in [-0.2, 0) is 9.47 Å². The van der Waals surface area contributed by atoms with Crippen molar-refractivity contribution >= 4 is 0 Å². The maximum absolute atomic E-state index is 5.76. The van der Waals surface area contributed by atoms with Crippen LogP contribution in [-0.4, -0.2) is 58.0 Å². The van der Waals surface area contributed by atoms with Crippen molar-refractivity contribution in [2.45, 2.75) is 46.1 Å². The normalized spacial score (nSPS) is 14.1. The summed E-state index contributed by atoms with van der Waals surface area (Å²) in [6, 6.07) is 0.447. The lowest BCUT2D eigenvalue weighted by Gasteiger charge is -2.29. The Morgan fingerprint density at radius 2 is 1.79 bits per heavy atom. The summed E-state index contributed by atoms with van der Waals surface area (Å²) in [5.41, 5.74) is 6.03. The molecule has 19 heavy (non-hydrogen) atoms. The molecular formula is C15H34N2O2. The average Bonchev–Trinajstić information content (AvgIpc) is 2.38. The Kier molecular flexibility index (Phi) is 10.5. The number of nitrogens with zero attached hydrogens (tertiary/aromatic N) is 1. The first-order valence-electron chi connectivity index (χ1n) is 7.39. The largest absolute Gasteiger partial charge is 0.383 e. The Morgan fingerprint density at radius 3 is 2.32 bits per heavy atom. The van der Waals surface area contributed by atoms with E-state index in [0.717, 1.165) is 32.8 Å². The van der Waals surface area contributed by atoms with Gasteiger partial charge in [-0.05, 0) is 38.3 Å². The van der Waals surface area contributed by atoms with Gasteiger partial charge in [0.15, 0.2) is 0 Å². The Balaban J connectivity index is 3.97. The van der Waals surface area contributed by atoms with Crippen LogP contribution >= 0.6 is 0 Å². The second kappa shape index (κ2) is 10.6. The molecule has 0 radical (unpaired) electrons. The van der Waals surface area contributed by atoms with E-state index in [1.54, 1.807) is 14.2 Å². The summed E-state index contributed by atoms with van der Waals surface area (Å²) in [5.74, 6) is 0. The van der Waals surface area contributed by atoms with Crippen molar-refractivity contribution in [2.24, 2.45) is 11.1 Å². The van der Waals surface area contributed by atoms with Crippen molar-refractivity contribution in [3.8, 4) is 0 Å². The van der Waals surface area contributed by atoms with Crippen molar-refractivity contribution in [3.05, 3.63) is 0 Å². The van der Waals surface area contributed by atoms with Crippen LogP contribution in [0.3, 0.4) is 0 Å². The maximum Gasteiger partial charge on any atom is 0.0615 e. The first-order chi connectivity index (χ1) is 8.96. The topological polar surface area (TPSA) is 47.7 Å². The summed E-state index contributed by atoms with van der Waals surface area (Å²) in [6.45, 7) is 11.1.